The number of methoxy groups -OCH3 is 1. The van der Waals surface area contributed by atoms with E-state index in [1.54, 1.807) is 18.2 Å². The van der Waals surface area contributed by atoms with Gasteiger partial charge in [-0.05, 0) is 41.1 Å². The summed E-state index contributed by atoms with van der Waals surface area (Å²) in [6.07, 6.45) is 1.62. The van der Waals surface area contributed by atoms with Gasteiger partial charge in [0.05, 0.1) is 18.6 Å². The number of ether oxygens (including phenoxy) is 1. The van der Waals surface area contributed by atoms with E-state index in [1.165, 1.54) is 18.1 Å². The molecule has 122 valence electrons. The SMILES string of the molecule is COc1cc(/C=C2/SC(=O)N(Cc3ccccc3)C2=O)ccc1O. The fraction of sp³-hybridized carbons (Fsp3) is 0.111. The van der Waals surface area contributed by atoms with E-state index in [4.69, 9.17) is 4.74 Å². The Balaban J connectivity index is 1.83. The number of thioether (sulfide) groups is 1. The van der Waals surface area contributed by atoms with Gasteiger partial charge >= 0.3 is 0 Å². The molecule has 0 aliphatic carbocycles. The average molecular weight is 341 g/mol. The topological polar surface area (TPSA) is 66.8 Å². The van der Waals surface area contributed by atoms with Crippen LogP contribution in [-0.4, -0.2) is 28.3 Å². The Kier molecular flexibility index (Phi) is 4.57. The van der Waals surface area contributed by atoms with E-state index >= 15 is 0 Å². The number of imide groups is 1. The minimum absolute atomic E-state index is 0.0202. The van der Waals surface area contributed by atoms with E-state index in [-0.39, 0.29) is 23.4 Å². The molecule has 0 saturated carbocycles. The maximum Gasteiger partial charge on any atom is 0.293 e. The molecule has 2 aromatic rings. The van der Waals surface area contributed by atoms with Crippen LogP contribution in [0.2, 0.25) is 0 Å². The van der Waals surface area contributed by atoms with Crippen LogP contribution < -0.4 is 4.74 Å². The van der Waals surface area contributed by atoms with Gasteiger partial charge in [0.2, 0.25) is 0 Å². The lowest BCUT2D eigenvalue weighted by atomic mass is 10.1. The zero-order valence-electron chi connectivity index (χ0n) is 12.9. The van der Waals surface area contributed by atoms with E-state index in [2.05, 4.69) is 0 Å². The number of aromatic hydroxyl groups is 1. The van der Waals surface area contributed by atoms with Gasteiger partial charge in [0.25, 0.3) is 11.1 Å². The molecule has 5 nitrogen and oxygen atoms in total. The molecule has 1 heterocycles. The Hall–Kier alpha value is -2.73. The van der Waals surface area contributed by atoms with Crippen LogP contribution in [0.25, 0.3) is 6.08 Å². The number of hydrogen-bond acceptors (Lipinski definition) is 5. The summed E-state index contributed by atoms with van der Waals surface area (Å²) in [7, 11) is 1.45. The third-order valence-corrected chi connectivity index (χ3v) is 4.47. The number of carbonyl (C=O) groups excluding carboxylic acids is 2. The maximum atomic E-state index is 12.5. The summed E-state index contributed by atoms with van der Waals surface area (Å²) in [5.41, 5.74) is 1.57. The zero-order valence-corrected chi connectivity index (χ0v) is 13.7. The molecule has 0 atom stereocenters. The molecule has 24 heavy (non-hydrogen) atoms. The van der Waals surface area contributed by atoms with Crippen LogP contribution in [0.5, 0.6) is 11.5 Å². The van der Waals surface area contributed by atoms with Gasteiger partial charge in [-0.15, -0.1) is 0 Å². The molecule has 0 aromatic heterocycles. The van der Waals surface area contributed by atoms with Crippen LogP contribution in [0.15, 0.2) is 53.4 Å². The molecule has 6 heteroatoms. The van der Waals surface area contributed by atoms with Crippen molar-refractivity contribution in [3.05, 3.63) is 64.6 Å². The highest BCUT2D eigenvalue weighted by Crippen LogP contribution is 2.34. The molecule has 0 radical (unpaired) electrons. The first kappa shape index (κ1) is 16.1. The van der Waals surface area contributed by atoms with Gasteiger partial charge in [0.1, 0.15) is 0 Å². The predicted molar refractivity (Wildman–Crippen MR) is 92.6 cm³/mol. The van der Waals surface area contributed by atoms with Crippen molar-refractivity contribution in [1.29, 1.82) is 0 Å². The van der Waals surface area contributed by atoms with Crippen molar-refractivity contribution in [2.24, 2.45) is 0 Å². The number of carbonyl (C=O) groups is 2. The van der Waals surface area contributed by atoms with E-state index in [1.807, 2.05) is 30.3 Å². The Morgan fingerprint density at radius 1 is 1.17 bits per heavy atom. The number of phenols is 1. The second kappa shape index (κ2) is 6.80. The van der Waals surface area contributed by atoms with Gasteiger partial charge < -0.3 is 9.84 Å². The van der Waals surface area contributed by atoms with Crippen LogP contribution in [0.4, 0.5) is 4.79 Å². The van der Waals surface area contributed by atoms with Gasteiger partial charge in [-0.2, -0.15) is 0 Å². The van der Waals surface area contributed by atoms with Gasteiger partial charge in [0.15, 0.2) is 11.5 Å². The number of hydrogen-bond donors (Lipinski definition) is 1. The molecule has 0 bridgehead atoms. The Morgan fingerprint density at radius 3 is 2.62 bits per heavy atom. The highest BCUT2D eigenvalue weighted by molar-refractivity contribution is 8.18. The normalized spacial score (nSPS) is 16.0. The smallest absolute Gasteiger partial charge is 0.293 e. The monoisotopic (exact) mass is 341 g/mol. The highest BCUT2D eigenvalue weighted by Gasteiger charge is 2.34. The number of benzene rings is 2. The molecule has 0 unspecified atom stereocenters. The molecule has 1 aliphatic rings. The van der Waals surface area contributed by atoms with Crippen LogP contribution in [-0.2, 0) is 11.3 Å². The van der Waals surface area contributed by atoms with Crippen molar-refractivity contribution in [2.45, 2.75) is 6.54 Å². The van der Waals surface area contributed by atoms with Crippen molar-refractivity contribution in [3.8, 4) is 11.5 Å². The molecule has 1 N–H and O–H groups in total. The number of rotatable bonds is 4. The lowest BCUT2D eigenvalue weighted by Crippen LogP contribution is -2.27. The lowest BCUT2D eigenvalue weighted by Gasteiger charge is -2.12. The molecule has 0 spiro atoms. The fourth-order valence-corrected chi connectivity index (χ4v) is 3.18. The minimum atomic E-state index is -0.319. The number of amides is 2. The van der Waals surface area contributed by atoms with E-state index in [0.717, 1.165) is 17.3 Å². The molecule has 1 aliphatic heterocycles. The first-order chi connectivity index (χ1) is 11.6. The van der Waals surface area contributed by atoms with Crippen molar-refractivity contribution < 1.29 is 19.4 Å². The van der Waals surface area contributed by atoms with Crippen molar-refractivity contribution in [2.75, 3.05) is 7.11 Å². The Labute approximate surface area is 143 Å². The highest BCUT2D eigenvalue weighted by atomic mass is 32.2. The largest absolute Gasteiger partial charge is 0.504 e. The summed E-state index contributed by atoms with van der Waals surface area (Å²) in [4.78, 5) is 26.2. The summed E-state index contributed by atoms with van der Waals surface area (Å²) in [5.74, 6) is 0.0139. The number of phenolic OH excluding ortho intramolecular Hbond substituents is 1. The summed E-state index contributed by atoms with van der Waals surface area (Å²) < 4.78 is 5.05. The zero-order chi connectivity index (χ0) is 17.1. The van der Waals surface area contributed by atoms with Gasteiger partial charge in [-0.3, -0.25) is 14.5 Å². The second-order valence-electron chi connectivity index (χ2n) is 5.18. The maximum absolute atomic E-state index is 12.5. The molecule has 1 fully saturated rings. The second-order valence-corrected chi connectivity index (χ2v) is 6.18. The molecule has 2 amide bonds. The van der Waals surface area contributed by atoms with Gasteiger partial charge in [0, 0.05) is 0 Å². The van der Waals surface area contributed by atoms with Crippen molar-refractivity contribution in [3.63, 3.8) is 0 Å². The van der Waals surface area contributed by atoms with E-state index in [9.17, 15) is 14.7 Å². The van der Waals surface area contributed by atoms with Crippen molar-refractivity contribution >= 4 is 29.0 Å². The summed E-state index contributed by atoms with van der Waals surface area (Å²) in [6, 6.07) is 14.1. The van der Waals surface area contributed by atoms with Crippen LogP contribution in [0.1, 0.15) is 11.1 Å². The third-order valence-electron chi connectivity index (χ3n) is 3.56. The summed E-state index contributed by atoms with van der Waals surface area (Å²) >= 11 is 0.909. The van der Waals surface area contributed by atoms with Gasteiger partial charge in [-0.25, -0.2) is 0 Å². The van der Waals surface area contributed by atoms with Crippen LogP contribution >= 0.6 is 11.8 Å². The first-order valence-corrected chi connectivity index (χ1v) is 8.06. The molecule has 3 rings (SSSR count). The minimum Gasteiger partial charge on any atom is -0.504 e. The lowest BCUT2D eigenvalue weighted by molar-refractivity contribution is -0.123. The quantitative estimate of drug-likeness (QED) is 0.860. The van der Waals surface area contributed by atoms with Gasteiger partial charge in [-0.1, -0.05) is 36.4 Å². The Morgan fingerprint density at radius 2 is 1.92 bits per heavy atom. The summed E-state index contributed by atoms with van der Waals surface area (Å²) in [5, 5.41) is 9.32. The first-order valence-electron chi connectivity index (χ1n) is 7.25. The van der Waals surface area contributed by atoms with Crippen LogP contribution in [0, 0.1) is 0 Å². The molecular formula is C18H15NO4S. The van der Waals surface area contributed by atoms with Crippen LogP contribution in [0.3, 0.4) is 0 Å². The summed E-state index contributed by atoms with van der Waals surface area (Å²) in [6.45, 7) is 0.252. The molecular weight excluding hydrogens is 326 g/mol. The third kappa shape index (κ3) is 3.28. The number of nitrogens with zero attached hydrogens (tertiary/aromatic N) is 1. The van der Waals surface area contributed by atoms with E-state index < -0.39 is 0 Å². The standard InChI is InChI=1S/C18H15NO4S/c1-23-15-9-13(7-8-14(15)20)10-16-17(21)19(18(22)24-16)11-12-5-3-2-4-6-12/h2-10,20H,11H2,1H3/b16-10+. The predicted octanol–water partition coefficient (Wildman–Crippen LogP) is 3.64. The fourth-order valence-electron chi connectivity index (χ4n) is 2.34. The van der Waals surface area contributed by atoms with E-state index in [0.29, 0.717) is 16.2 Å². The molecule has 2 aromatic carbocycles. The van der Waals surface area contributed by atoms with Crippen molar-refractivity contribution in [1.82, 2.24) is 4.90 Å². The average Bonchev–Trinajstić information content (AvgIpc) is 2.85. The Bertz CT molecular complexity index is 817. The molecule has 1 saturated heterocycles.